The Bertz CT molecular complexity index is 295. The molecule has 1 aromatic rings. The van der Waals surface area contributed by atoms with Gasteiger partial charge in [0.05, 0.1) is 5.69 Å². The van der Waals surface area contributed by atoms with Gasteiger partial charge in [0.1, 0.15) is 5.82 Å². The minimum absolute atomic E-state index is 0.129. The quantitative estimate of drug-likeness (QED) is 0.743. The molecule has 0 spiro atoms. The monoisotopic (exact) mass is 225 g/mol. The fraction of sp³-hybridized carbons (Fsp3) is 0.571. The summed E-state index contributed by atoms with van der Waals surface area (Å²) < 4.78 is 13.4. The van der Waals surface area contributed by atoms with Crippen LogP contribution in [0.2, 0.25) is 0 Å². The Morgan fingerprint density at radius 1 is 1.12 bits per heavy atom. The lowest BCUT2D eigenvalue weighted by molar-refractivity contribution is 0.623. The summed E-state index contributed by atoms with van der Waals surface area (Å²) in [6, 6.07) is 5.45. The maximum absolute atomic E-state index is 13.4. The zero-order chi connectivity index (χ0) is 12.6. The Hall–Kier alpha value is -1.05. The van der Waals surface area contributed by atoms with Crippen molar-refractivity contribution in [2.75, 3.05) is 19.0 Å². The van der Waals surface area contributed by atoms with Gasteiger partial charge in [-0.25, -0.2) is 4.39 Å². The van der Waals surface area contributed by atoms with E-state index in [1.165, 1.54) is 6.42 Å². The van der Waals surface area contributed by atoms with E-state index < -0.39 is 0 Å². The van der Waals surface area contributed by atoms with E-state index in [0.29, 0.717) is 5.69 Å². The van der Waals surface area contributed by atoms with Crippen LogP contribution in [0.4, 0.5) is 10.1 Å². The molecule has 0 atom stereocenters. The van der Waals surface area contributed by atoms with E-state index in [4.69, 9.17) is 0 Å². The molecule has 0 heterocycles. The molecule has 0 saturated carbocycles. The molecule has 0 N–H and O–H groups in total. The molecule has 1 rings (SSSR count). The van der Waals surface area contributed by atoms with Gasteiger partial charge in [-0.1, -0.05) is 39.7 Å². The minimum atomic E-state index is -0.129. The van der Waals surface area contributed by atoms with Gasteiger partial charge in [-0.3, -0.25) is 0 Å². The van der Waals surface area contributed by atoms with Crippen molar-refractivity contribution in [1.82, 2.24) is 0 Å². The van der Waals surface area contributed by atoms with Crippen molar-refractivity contribution in [3.8, 4) is 0 Å². The van der Waals surface area contributed by atoms with Crippen LogP contribution in [0.15, 0.2) is 18.2 Å². The highest BCUT2D eigenvalue weighted by Gasteiger charge is 2.04. The van der Waals surface area contributed by atoms with Gasteiger partial charge >= 0.3 is 0 Å². The highest BCUT2D eigenvalue weighted by molar-refractivity contribution is 5.47. The molecule has 0 amide bonds. The predicted molar refractivity (Wildman–Crippen MR) is 70.7 cm³/mol. The molecule has 92 valence electrons. The van der Waals surface area contributed by atoms with Gasteiger partial charge in [0, 0.05) is 14.1 Å². The number of halogens is 1. The average molecular weight is 225 g/mol. The molecule has 0 aliphatic heterocycles. The Balaban J connectivity index is 0.000000673. The zero-order valence-corrected chi connectivity index (χ0v) is 11.2. The third kappa shape index (κ3) is 5.15. The second-order valence-electron chi connectivity index (χ2n) is 4.14. The lowest BCUT2D eigenvalue weighted by Crippen LogP contribution is -2.10. The van der Waals surface area contributed by atoms with Crippen LogP contribution in [0.5, 0.6) is 0 Å². The molecule has 2 heteroatoms. The smallest absolute Gasteiger partial charge is 0.146 e. The topological polar surface area (TPSA) is 3.24 Å². The van der Waals surface area contributed by atoms with E-state index in [1.807, 2.05) is 26.2 Å². The van der Waals surface area contributed by atoms with Crippen LogP contribution in [-0.4, -0.2) is 14.1 Å². The van der Waals surface area contributed by atoms with E-state index in [9.17, 15) is 4.39 Å². The summed E-state index contributed by atoms with van der Waals surface area (Å²) in [4.78, 5) is 1.78. The Morgan fingerprint density at radius 2 is 1.69 bits per heavy atom. The summed E-state index contributed by atoms with van der Waals surface area (Å²) in [6.45, 7) is 6.35. The van der Waals surface area contributed by atoms with Crippen LogP contribution in [-0.2, 0) is 6.42 Å². The second-order valence-corrected chi connectivity index (χ2v) is 4.14. The van der Waals surface area contributed by atoms with Crippen molar-refractivity contribution in [2.24, 2.45) is 0 Å². The molecule has 0 aliphatic carbocycles. The molecule has 0 aliphatic rings. The van der Waals surface area contributed by atoms with E-state index in [0.717, 1.165) is 18.4 Å². The average Bonchev–Trinajstić information content (AvgIpc) is 2.18. The first-order valence-electron chi connectivity index (χ1n) is 6.02. The van der Waals surface area contributed by atoms with Gasteiger partial charge in [0.15, 0.2) is 0 Å². The third-order valence-electron chi connectivity index (χ3n) is 2.03. The number of hydrogen-bond acceptors (Lipinski definition) is 1. The molecular weight excluding hydrogens is 201 g/mol. The SMILES string of the molecule is CCC.CCCc1ccc(N(C)C)c(F)c1. The van der Waals surface area contributed by atoms with Crippen molar-refractivity contribution in [2.45, 2.75) is 40.0 Å². The number of benzene rings is 1. The first-order chi connectivity index (χ1) is 7.56. The summed E-state index contributed by atoms with van der Waals surface area (Å²) in [6.07, 6.45) is 3.26. The van der Waals surface area contributed by atoms with Crippen molar-refractivity contribution in [3.63, 3.8) is 0 Å². The van der Waals surface area contributed by atoms with Crippen LogP contribution in [0, 0.1) is 5.82 Å². The Kier molecular flexibility index (Phi) is 7.61. The van der Waals surface area contributed by atoms with Crippen LogP contribution < -0.4 is 4.90 Å². The third-order valence-corrected chi connectivity index (χ3v) is 2.03. The molecule has 0 bridgehead atoms. The predicted octanol–water partition coefficient (Wildman–Crippen LogP) is 4.26. The number of anilines is 1. The lowest BCUT2D eigenvalue weighted by Gasteiger charge is -2.13. The van der Waals surface area contributed by atoms with Gasteiger partial charge in [-0.2, -0.15) is 0 Å². The van der Waals surface area contributed by atoms with Crippen LogP contribution in [0.1, 0.15) is 39.2 Å². The molecule has 0 aromatic heterocycles. The van der Waals surface area contributed by atoms with Gasteiger partial charge in [0.2, 0.25) is 0 Å². The van der Waals surface area contributed by atoms with E-state index in [2.05, 4.69) is 20.8 Å². The second kappa shape index (κ2) is 8.14. The number of hydrogen-bond donors (Lipinski definition) is 0. The first kappa shape index (κ1) is 14.9. The molecule has 16 heavy (non-hydrogen) atoms. The molecule has 1 nitrogen and oxygen atoms in total. The van der Waals surface area contributed by atoms with Gasteiger partial charge in [-0.15, -0.1) is 0 Å². The summed E-state index contributed by atoms with van der Waals surface area (Å²) >= 11 is 0. The minimum Gasteiger partial charge on any atom is -0.375 e. The highest BCUT2D eigenvalue weighted by Crippen LogP contribution is 2.18. The lowest BCUT2D eigenvalue weighted by atomic mass is 10.1. The van der Waals surface area contributed by atoms with Crippen molar-refractivity contribution < 1.29 is 4.39 Å². The summed E-state index contributed by atoms with van der Waals surface area (Å²) in [5, 5.41) is 0. The van der Waals surface area contributed by atoms with Crippen molar-refractivity contribution in [1.29, 1.82) is 0 Å². The molecule has 1 aromatic carbocycles. The zero-order valence-electron chi connectivity index (χ0n) is 11.2. The number of aryl methyl sites for hydroxylation is 1. The highest BCUT2D eigenvalue weighted by atomic mass is 19.1. The maximum atomic E-state index is 13.4. The van der Waals surface area contributed by atoms with Crippen LogP contribution in [0.3, 0.4) is 0 Å². The van der Waals surface area contributed by atoms with Crippen molar-refractivity contribution >= 4 is 5.69 Å². The summed E-state index contributed by atoms with van der Waals surface area (Å²) in [7, 11) is 3.69. The molecular formula is C14H24FN. The molecule has 0 unspecified atom stereocenters. The van der Waals surface area contributed by atoms with Gasteiger partial charge in [-0.05, 0) is 24.1 Å². The van der Waals surface area contributed by atoms with E-state index in [1.54, 1.807) is 11.0 Å². The maximum Gasteiger partial charge on any atom is 0.146 e. The summed E-state index contributed by atoms with van der Waals surface area (Å²) in [5.41, 5.74) is 1.73. The van der Waals surface area contributed by atoms with Crippen molar-refractivity contribution in [3.05, 3.63) is 29.6 Å². The fourth-order valence-electron chi connectivity index (χ4n) is 1.36. The van der Waals surface area contributed by atoms with E-state index >= 15 is 0 Å². The normalized spacial score (nSPS) is 9.38. The van der Waals surface area contributed by atoms with Crippen LogP contribution in [0.25, 0.3) is 0 Å². The largest absolute Gasteiger partial charge is 0.375 e. The summed E-state index contributed by atoms with van der Waals surface area (Å²) in [5.74, 6) is -0.129. The van der Waals surface area contributed by atoms with Gasteiger partial charge < -0.3 is 4.90 Å². The first-order valence-corrected chi connectivity index (χ1v) is 6.02. The van der Waals surface area contributed by atoms with Crippen LogP contribution >= 0.6 is 0 Å². The Labute approximate surface area is 99.3 Å². The number of nitrogens with zero attached hydrogens (tertiary/aromatic N) is 1. The fourth-order valence-corrected chi connectivity index (χ4v) is 1.36. The molecule has 0 radical (unpaired) electrons. The number of rotatable bonds is 3. The Morgan fingerprint density at radius 3 is 2.06 bits per heavy atom. The molecule has 0 fully saturated rings. The van der Waals surface area contributed by atoms with Gasteiger partial charge in [0.25, 0.3) is 0 Å². The molecule has 0 saturated heterocycles. The van der Waals surface area contributed by atoms with E-state index in [-0.39, 0.29) is 5.82 Å². The standard InChI is InChI=1S/C11H16FN.C3H8/c1-4-5-9-6-7-11(13(2)3)10(12)8-9;1-3-2/h6-8H,4-5H2,1-3H3;3H2,1-2H3.